The summed E-state index contributed by atoms with van der Waals surface area (Å²) in [6.45, 7) is 0.311. The van der Waals surface area contributed by atoms with Gasteiger partial charge in [0.05, 0.1) is 5.75 Å². The minimum absolute atomic E-state index is 0.311. The van der Waals surface area contributed by atoms with Crippen LogP contribution in [0.5, 0.6) is 0 Å². The number of halogens is 4. The first kappa shape index (κ1) is 17.4. The molecule has 0 aromatic rings. The van der Waals surface area contributed by atoms with Gasteiger partial charge in [0.25, 0.3) is 0 Å². The van der Waals surface area contributed by atoms with Crippen LogP contribution in [0.3, 0.4) is 0 Å². The summed E-state index contributed by atoms with van der Waals surface area (Å²) in [4.78, 5) is 0. The normalized spacial score (nSPS) is 12.9. The molecule has 0 spiro atoms. The van der Waals surface area contributed by atoms with E-state index in [0.29, 0.717) is 6.54 Å². The van der Waals surface area contributed by atoms with E-state index >= 15 is 0 Å². The Bertz CT molecular complexity index is 293. The standard InChI is InChI=1S/C9H17F3INO2S/c10-9(11,12)5-4-8-17(15,16)14-7-3-1-2-6-13/h14H,1-8H2. The molecule has 0 heterocycles. The third-order valence-electron chi connectivity index (χ3n) is 2.01. The first-order valence-corrected chi connectivity index (χ1v) is 8.55. The van der Waals surface area contributed by atoms with Crippen LogP contribution < -0.4 is 4.72 Å². The lowest BCUT2D eigenvalue weighted by Gasteiger charge is -2.08. The van der Waals surface area contributed by atoms with Gasteiger partial charge in [0.1, 0.15) is 0 Å². The van der Waals surface area contributed by atoms with E-state index in [1.54, 1.807) is 0 Å². The van der Waals surface area contributed by atoms with E-state index in [9.17, 15) is 21.6 Å². The zero-order chi connectivity index (χ0) is 13.4. The Labute approximate surface area is 114 Å². The Morgan fingerprint density at radius 1 is 1.06 bits per heavy atom. The highest BCUT2D eigenvalue weighted by Crippen LogP contribution is 2.21. The maximum absolute atomic E-state index is 11.8. The molecule has 104 valence electrons. The summed E-state index contributed by atoms with van der Waals surface area (Å²) in [5.41, 5.74) is 0. The molecule has 1 N–H and O–H groups in total. The molecule has 0 rings (SSSR count). The average molecular weight is 387 g/mol. The fourth-order valence-corrected chi connectivity index (χ4v) is 2.82. The van der Waals surface area contributed by atoms with Crippen LogP contribution in [0.15, 0.2) is 0 Å². The summed E-state index contributed by atoms with van der Waals surface area (Å²) in [7, 11) is -3.54. The van der Waals surface area contributed by atoms with E-state index in [2.05, 4.69) is 27.3 Å². The predicted octanol–water partition coefficient (Wildman–Crippen LogP) is 2.85. The van der Waals surface area contributed by atoms with E-state index in [1.165, 1.54) is 0 Å². The maximum Gasteiger partial charge on any atom is 0.389 e. The minimum Gasteiger partial charge on any atom is -0.215 e. The number of rotatable bonds is 9. The minimum atomic E-state index is -4.28. The SMILES string of the molecule is O=S(=O)(CCCC(F)(F)F)NCCCCCI. The Hall–Kier alpha value is 0.430. The van der Waals surface area contributed by atoms with Crippen LogP contribution in [-0.4, -0.2) is 31.3 Å². The molecule has 8 heteroatoms. The van der Waals surface area contributed by atoms with Crippen molar-refractivity contribution in [3.8, 4) is 0 Å². The molecule has 0 fully saturated rings. The highest BCUT2D eigenvalue weighted by atomic mass is 127. The zero-order valence-corrected chi connectivity index (χ0v) is 12.4. The molecule has 0 saturated heterocycles. The summed E-state index contributed by atoms with van der Waals surface area (Å²) in [6, 6.07) is 0. The van der Waals surface area contributed by atoms with Crippen molar-refractivity contribution in [2.24, 2.45) is 0 Å². The van der Waals surface area contributed by atoms with Crippen LogP contribution in [-0.2, 0) is 10.0 Å². The summed E-state index contributed by atoms with van der Waals surface area (Å²) < 4.78 is 61.3. The van der Waals surface area contributed by atoms with Crippen LogP contribution in [0, 0.1) is 0 Å². The lowest BCUT2D eigenvalue weighted by atomic mass is 10.3. The third kappa shape index (κ3) is 12.7. The molecule has 0 aliphatic rings. The molecule has 17 heavy (non-hydrogen) atoms. The van der Waals surface area contributed by atoms with Gasteiger partial charge in [-0.2, -0.15) is 13.2 Å². The van der Waals surface area contributed by atoms with Gasteiger partial charge in [0.15, 0.2) is 0 Å². The monoisotopic (exact) mass is 387 g/mol. The number of hydrogen-bond acceptors (Lipinski definition) is 2. The van der Waals surface area contributed by atoms with Gasteiger partial charge in [-0.25, -0.2) is 13.1 Å². The molecular weight excluding hydrogens is 370 g/mol. The van der Waals surface area contributed by atoms with Crippen molar-refractivity contribution in [1.82, 2.24) is 4.72 Å². The van der Waals surface area contributed by atoms with Crippen molar-refractivity contribution < 1.29 is 21.6 Å². The molecule has 0 aliphatic carbocycles. The molecule has 0 radical (unpaired) electrons. The van der Waals surface area contributed by atoms with Gasteiger partial charge >= 0.3 is 6.18 Å². The number of alkyl halides is 4. The Morgan fingerprint density at radius 3 is 2.24 bits per heavy atom. The van der Waals surface area contributed by atoms with Crippen molar-refractivity contribution >= 4 is 32.6 Å². The smallest absolute Gasteiger partial charge is 0.215 e. The highest BCUT2D eigenvalue weighted by molar-refractivity contribution is 14.1. The number of unbranched alkanes of at least 4 members (excludes halogenated alkanes) is 2. The van der Waals surface area contributed by atoms with Gasteiger partial charge in [-0.3, -0.25) is 0 Å². The summed E-state index contributed by atoms with van der Waals surface area (Å²) in [5, 5.41) is 0. The predicted molar refractivity (Wildman–Crippen MR) is 69.8 cm³/mol. The lowest BCUT2D eigenvalue weighted by molar-refractivity contribution is -0.134. The fourth-order valence-electron chi connectivity index (χ4n) is 1.16. The fraction of sp³-hybridized carbons (Fsp3) is 1.00. The molecular formula is C9H17F3INO2S. The first-order valence-electron chi connectivity index (χ1n) is 5.37. The molecule has 3 nitrogen and oxygen atoms in total. The Morgan fingerprint density at radius 2 is 1.71 bits per heavy atom. The largest absolute Gasteiger partial charge is 0.389 e. The second kappa shape index (κ2) is 8.52. The molecule has 0 bridgehead atoms. The molecule has 0 aliphatic heterocycles. The zero-order valence-electron chi connectivity index (χ0n) is 9.39. The quantitative estimate of drug-likeness (QED) is 0.376. The van der Waals surface area contributed by atoms with Gasteiger partial charge in [-0.05, 0) is 23.7 Å². The summed E-state index contributed by atoms with van der Waals surface area (Å²) in [5.74, 6) is -0.460. The van der Waals surface area contributed by atoms with Gasteiger partial charge in [0, 0.05) is 13.0 Å². The summed E-state index contributed by atoms with van der Waals surface area (Å²) in [6.07, 6.45) is -3.04. The van der Waals surface area contributed by atoms with Crippen LogP contribution in [0.2, 0.25) is 0 Å². The topological polar surface area (TPSA) is 46.2 Å². The van der Waals surface area contributed by atoms with E-state index in [-0.39, 0.29) is 6.42 Å². The molecule has 0 atom stereocenters. The van der Waals surface area contributed by atoms with Crippen LogP contribution in [0.25, 0.3) is 0 Å². The first-order chi connectivity index (χ1) is 7.77. The number of hydrogen-bond donors (Lipinski definition) is 1. The van der Waals surface area contributed by atoms with Crippen molar-refractivity contribution in [2.75, 3.05) is 16.7 Å². The average Bonchev–Trinajstić information content (AvgIpc) is 2.14. The van der Waals surface area contributed by atoms with Crippen molar-refractivity contribution in [1.29, 1.82) is 0 Å². The number of sulfonamides is 1. The summed E-state index contributed by atoms with van der Waals surface area (Å²) >= 11 is 2.24. The van der Waals surface area contributed by atoms with Crippen molar-refractivity contribution in [3.63, 3.8) is 0 Å². The Kier molecular flexibility index (Phi) is 8.73. The second-order valence-electron chi connectivity index (χ2n) is 3.68. The highest BCUT2D eigenvalue weighted by Gasteiger charge is 2.27. The second-order valence-corrected chi connectivity index (χ2v) is 6.69. The number of nitrogens with one attached hydrogen (secondary N) is 1. The van der Waals surface area contributed by atoms with E-state index in [0.717, 1.165) is 23.7 Å². The van der Waals surface area contributed by atoms with Crippen molar-refractivity contribution in [3.05, 3.63) is 0 Å². The van der Waals surface area contributed by atoms with E-state index < -0.39 is 28.4 Å². The van der Waals surface area contributed by atoms with Gasteiger partial charge in [-0.15, -0.1) is 0 Å². The lowest BCUT2D eigenvalue weighted by Crippen LogP contribution is -2.28. The van der Waals surface area contributed by atoms with Crippen LogP contribution in [0.1, 0.15) is 32.1 Å². The Balaban J connectivity index is 3.67. The van der Waals surface area contributed by atoms with Gasteiger partial charge < -0.3 is 0 Å². The molecule has 0 unspecified atom stereocenters. The maximum atomic E-state index is 11.8. The molecule has 0 saturated carbocycles. The van der Waals surface area contributed by atoms with E-state index in [4.69, 9.17) is 0 Å². The van der Waals surface area contributed by atoms with Crippen LogP contribution >= 0.6 is 22.6 Å². The van der Waals surface area contributed by atoms with Crippen LogP contribution in [0.4, 0.5) is 13.2 Å². The molecule has 0 aromatic heterocycles. The molecule has 0 aromatic carbocycles. The van der Waals surface area contributed by atoms with Crippen molar-refractivity contribution in [2.45, 2.75) is 38.3 Å². The third-order valence-corrected chi connectivity index (χ3v) is 4.24. The van der Waals surface area contributed by atoms with Gasteiger partial charge in [-0.1, -0.05) is 29.0 Å². The molecule has 0 amide bonds. The van der Waals surface area contributed by atoms with Gasteiger partial charge in [0.2, 0.25) is 10.0 Å². The van der Waals surface area contributed by atoms with E-state index in [1.807, 2.05) is 0 Å².